The number of halogens is 1. The third-order valence-corrected chi connectivity index (χ3v) is 4.70. The summed E-state index contributed by atoms with van der Waals surface area (Å²) < 4.78 is 11.7. The smallest absolute Gasteiger partial charge is 0.122 e. The minimum atomic E-state index is 0.347. The van der Waals surface area contributed by atoms with Crippen molar-refractivity contribution in [2.45, 2.75) is 52.7 Å². The Morgan fingerprint density at radius 1 is 1.14 bits per heavy atom. The zero-order chi connectivity index (χ0) is 16.1. The summed E-state index contributed by atoms with van der Waals surface area (Å²) in [6.45, 7) is 12.4. The van der Waals surface area contributed by atoms with Gasteiger partial charge in [-0.25, -0.2) is 0 Å². The highest BCUT2D eigenvalue weighted by atomic mass is 35.5. The Morgan fingerprint density at radius 2 is 1.82 bits per heavy atom. The Hall–Kier alpha value is -0.770. The molecule has 1 fully saturated rings. The Labute approximate surface area is 139 Å². The molecule has 1 aromatic rings. The zero-order valence-electron chi connectivity index (χ0n) is 14.2. The fourth-order valence-corrected chi connectivity index (χ4v) is 3.21. The largest absolute Gasteiger partial charge is 0.493 e. The molecule has 1 saturated heterocycles. The van der Waals surface area contributed by atoms with E-state index in [2.05, 4.69) is 25.7 Å². The third-order valence-electron chi connectivity index (χ3n) is 4.29. The van der Waals surface area contributed by atoms with Gasteiger partial charge in [0.1, 0.15) is 5.75 Å². The number of rotatable bonds is 6. The predicted octanol–water partition coefficient (Wildman–Crippen LogP) is 4.23. The molecule has 1 heterocycles. The second-order valence-corrected chi connectivity index (χ2v) is 6.78. The first-order valence-electron chi connectivity index (χ1n) is 8.23. The van der Waals surface area contributed by atoms with E-state index in [0.717, 1.165) is 61.0 Å². The molecule has 2 atom stereocenters. The van der Waals surface area contributed by atoms with Crippen molar-refractivity contribution in [2.75, 3.05) is 26.2 Å². The van der Waals surface area contributed by atoms with Gasteiger partial charge in [0, 0.05) is 18.1 Å². The standard InChI is InChI=1S/C18H28ClNO2/c1-13-11-20(12-14(2)22-13)9-5-6-10-21-18-8-7-17(19)15(3)16(18)4/h7-8,13-14H,5-6,9-12H2,1-4H3/t13-,14-/m1/s1. The fraction of sp³-hybridized carbons (Fsp3) is 0.667. The Balaban J connectivity index is 1.68. The van der Waals surface area contributed by atoms with Crippen LogP contribution < -0.4 is 4.74 Å². The maximum Gasteiger partial charge on any atom is 0.122 e. The number of unbranched alkanes of at least 4 members (excludes halogenated alkanes) is 1. The molecule has 1 aliphatic rings. The summed E-state index contributed by atoms with van der Waals surface area (Å²) in [4.78, 5) is 2.50. The Kier molecular flexibility index (Phi) is 6.54. The number of hydrogen-bond donors (Lipinski definition) is 0. The van der Waals surface area contributed by atoms with E-state index >= 15 is 0 Å². The third kappa shape index (κ3) is 4.87. The van der Waals surface area contributed by atoms with Gasteiger partial charge in [-0.1, -0.05) is 11.6 Å². The first-order chi connectivity index (χ1) is 10.5. The van der Waals surface area contributed by atoms with E-state index in [1.54, 1.807) is 0 Å². The van der Waals surface area contributed by atoms with Crippen molar-refractivity contribution in [2.24, 2.45) is 0 Å². The normalized spacial score (nSPS) is 22.8. The highest BCUT2D eigenvalue weighted by Crippen LogP contribution is 2.27. The summed E-state index contributed by atoms with van der Waals surface area (Å²) in [7, 11) is 0. The maximum atomic E-state index is 6.11. The van der Waals surface area contributed by atoms with Crippen molar-refractivity contribution in [1.29, 1.82) is 0 Å². The molecule has 0 aliphatic carbocycles. The van der Waals surface area contributed by atoms with Crippen molar-refractivity contribution in [3.8, 4) is 5.75 Å². The van der Waals surface area contributed by atoms with Crippen LogP contribution in [0.3, 0.4) is 0 Å². The van der Waals surface area contributed by atoms with Crippen LogP contribution in [0.2, 0.25) is 5.02 Å². The molecule has 0 aromatic heterocycles. The van der Waals surface area contributed by atoms with Crippen LogP contribution in [0.4, 0.5) is 0 Å². The topological polar surface area (TPSA) is 21.7 Å². The van der Waals surface area contributed by atoms with E-state index in [9.17, 15) is 0 Å². The summed E-state index contributed by atoms with van der Waals surface area (Å²) in [5, 5.41) is 0.806. The molecule has 22 heavy (non-hydrogen) atoms. The van der Waals surface area contributed by atoms with Gasteiger partial charge in [-0.05, 0) is 70.3 Å². The van der Waals surface area contributed by atoms with Crippen LogP contribution in [0.5, 0.6) is 5.75 Å². The van der Waals surface area contributed by atoms with Crippen LogP contribution >= 0.6 is 11.6 Å². The van der Waals surface area contributed by atoms with E-state index in [1.807, 2.05) is 19.1 Å². The quantitative estimate of drug-likeness (QED) is 0.731. The second-order valence-electron chi connectivity index (χ2n) is 6.37. The van der Waals surface area contributed by atoms with Crippen LogP contribution in [0.15, 0.2) is 12.1 Å². The van der Waals surface area contributed by atoms with E-state index in [4.69, 9.17) is 21.1 Å². The molecule has 0 amide bonds. The van der Waals surface area contributed by atoms with Crippen LogP contribution in [0, 0.1) is 13.8 Å². The Bertz CT molecular complexity index is 482. The van der Waals surface area contributed by atoms with Gasteiger partial charge in [-0.2, -0.15) is 0 Å². The number of ether oxygens (including phenoxy) is 2. The molecule has 0 bridgehead atoms. The van der Waals surface area contributed by atoms with Gasteiger partial charge in [0.05, 0.1) is 18.8 Å². The summed E-state index contributed by atoms with van der Waals surface area (Å²) in [5.41, 5.74) is 2.25. The minimum Gasteiger partial charge on any atom is -0.493 e. The molecule has 2 rings (SSSR count). The summed E-state index contributed by atoms with van der Waals surface area (Å²) in [6.07, 6.45) is 2.92. The van der Waals surface area contributed by atoms with Crippen molar-refractivity contribution in [1.82, 2.24) is 4.90 Å². The van der Waals surface area contributed by atoms with Crippen LogP contribution in [-0.2, 0) is 4.74 Å². The number of hydrogen-bond acceptors (Lipinski definition) is 3. The molecule has 1 aliphatic heterocycles. The molecule has 124 valence electrons. The molecule has 0 unspecified atom stereocenters. The van der Waals surface area contributed by atoms with E-state index in [0.29, 0.717) is 12.2 Å². The number of benzene rings is 1. The molecule has 4 heteroatoms. The lowest BCUT2D eigenvalue weighted by atomic mass is 10.1. The van der Waals surface area contributed by atoms with Gasteiger partial charge in [0.25, 0.3) is 0 Å². The molecule has 1 aromatic carbocycles. The highest BCUT2D eigenvalue weighted by molar-refractivity contribution is 6.31. The predicted molar refractivity (Wildman–Crippen MR) is 92.1 cm³/mol. The van der Waals surface area contributed by atoms with E-state index in [-0.39, 0.29) is 0 Å². The molecule has 0 spiro atoms. The lowest BCUT2D eigenvalue weighted by molar-refractivity contribution is -0.0682. The number of morpholine rings is 1. The van der Waals surface area contributed by atoms with Crippen molar-refractivity contribution < 1.29 is 9.47 Å². The molecular formula is C18H28ClNO2. The average molecular weight is 326 g/mol. The molecule has 0 radical (unpaired) electrons. The van der Waals surface area contributed by atoms with Gasteiger partial charge < -0.3 is 9.47 Å². The lowest BCUT2D eigenvalue weighted by Crippen LogP contribution is -2.45. The van der Waals surface area contributed by atoms with Gasteiger partial charge in [0.15, 0.2) is 0 Å². The molecule has 3 nitrogen and oxygen atoms in total. The highest BCUT2D eigenvalue weighted by Gasteiger charge is 2.21. The monoisotopic (exact) mass is 325 g/mol. The molecular weight excluding hydrogens is 298 g/mol. The second kappa shape index (κ2) is 8.19. The van der Waals surface area contributed by atoms with Gasteiger partial charge in [-0.3, -0.25) is 4.90 Å². The first kappa shape index (κ1) is 17.6. The van der Waals surface area contributed by atoms with Crippen LogP contribution in [0.1, 0.15) is 37.8 Å². The zero-order valence-corrected chi connectivity index (χ0v) is 14.9. The van der Waals surface area contributed by atoms with Gasteiger partial charge in [0.2, 0.25) is 0 Å². The van der Waals surface area contributed by atoms with E-state index in [1.165, 1.54) is 0 Å². The number of nitrogens with zero attached hydrogens (tertiary/aromatic N) is 1. The SMILES string of the molecule is Cc1c(Cl)ccc(OCCCCN2C[C@@H](C)O[C@H](C)C2)c1C. The Morgan fingerprint density at radius 3 is 2.50 bits per heavy atom. The van der Waals surface area contributed by atoms with Crippen molar-refractivity contribution in [3.05, 3.63) is 28.3 Å². The summed E-state index contributed by atoms with van der Waals surface area (Å²) in [5.74, 6) is 0.954. The van der Waals surface area contributed by atoms with E-state index < -0.39 is 0 Å². The maximum absolute atomic E-state index is 6.11. The minimum absolute atomic E-state index is 0.347. The van der Waals surface area contributed by atoms with Gasteiger partial charge >= 0.3 is 0 Å². The summed E-state index contributed by atoms with van der Waals surface area (Å²) >= 11 is 6.11. The fourth-order valence-electron chi connectivity index (χ4n) is 3.01. The van der Waals surface area contributed by atoms with Crippen molar-refractivity contribution >= 4 is 11.6 Å². The molecule has 0 saturated carbocycles. The van der Waals surface area contributed by atoms with Crippen molar-refractivity contribution in [3.63, 3.8) is 0 Å². The van der Waals surface area contributed by atoms with Gasteiger partial charge in [-0.15, -0.1) is 0 Å². The molecule has 0 N–H and O–H groups in total. The van der Waals surface area contributed by atoms with Crippen LogP contribution in [-0.4, -0.2) is 43.3 Å². The van der Waals surface area contributed by atoms with Crippen LogP contribution in [0.25, 0.3) is 0 Å². The average Bonchev–Trinajstić information content (AvgIpc) is 2.45. The first-order valence-corrected chi connectivity index (χ1v) is 8.61. The summed E-state index contributed by atoms with van der Waals surface area (Å²) in [6, 6.07) is 3.88. The lowest BCUT2D eigenvalue weighted by Gasteiger charge is -2.35.